The van der Waals surface area contributed by atoms with E-state index in [1.807, 2.05) is 0 Å². The molecule has 0 unspecified atom stereocenters. The van der Waals surface area contributed by atoms with E-state index in [2.05, 4.69) is 4.98 Å². The molecule has 0 aliphatic carbocycles. The summed E-state index contributed by atoms with van der Waals surface area (Å²) >= 11 is 0. The van der Waals surface area contributed by atoms with Crippen molar-refractivity contribution in [3.8, 4) is 0 Å². The average molecular weight is 212 g/mol. The van der Waals surface area contributed by atoms with Crippen LogP contribution in [0.25, 0.3) is 0 Å². The Balaban J connectivity index is 2.50. The van der Waals surface area contributed by atoms with E-state index in [0.29, 0.717) is 13.0 Å². The van der Waals surface area contributed by atoms with Gasteiger partial charge in [-0.05, 0) is 23.1 Å². The summed E-state index contributed by atoms with van der Waals surface area (Å²) in [7, 11) is -2.90. The van der Waals surface area contributed by atoms with E-state index in [1.54, 1.807) is 12.4 Å². The van der Waals surface area contributed by atoms with Crippen LogP contribution in [-0.4, -0.2) is 19.2 Å². The molecule has 76 valence electrons. The van der Waals surface area contributed by atoms with Crippen molar-refractivity contribution in [1.29, 1.82) is 0 Å². The van der Waals surface area contributed by atoms with Crippen LogP contribution in [0.3, 0.4) is 0 Å². The standard InChI is InChI=1S/C9H12N2O2S/c10-3-7-4-11-5-8-6-14(12,13)2-1-9(7)8/h4-5H,1-3,6,10H2. The molecule has 0 bridgehead atoms. The smallest absolute Gasteiger partial charge is 0.154 e. The number of nitrogens with two attached hydrogens (primary N) is 1. The minimum Gasteiger partial charge on any atom is -0.326 e. The van der Waals surface area contributed by atoms with Crippen LogP contribution in [0.4, 0.5) is 0 Å². The Morgan fingerprint density at radius 2 is 2.21 bits per heavy atom. The molecular formula is C9H12N2O2S. The molecule has 0 fully saturated rings. The number of aromatic nitrogens is 1. The van der Waals surface area contributed by atoms with E-state index in [4.69, 9.17) is 5.73 Å². The Bertz CT molecular complexity index is 454. The largest absolute Gasteiger partial charge is 0.326 e. The third-order valence-electron chi connectivity index (χ3n) is 2.49. The summed E-state index contributed by atoms with van der Waals surface area (Å²) in [5, 5.41) is 0. The van der Waals surface area contributed by atoms with Crippen LogP contribution in [0.15, 0.2) is 12.4 Å². The molecule has 1 aromatic heterocycles. The lowest BCUT2D eigenvalue weighted by Gasteiger charge is -2.18. The van der Waals surface area contributed by atoms with Crippen molar-refractivity contribution in [2.45, 2.75) is 18.7 Å². The van der Waals surface area contributed by atoms with E-state index in [0.717, 1.165) is 16.7 Å². The Hall–Kier alpha value is -0.940. The number of pyridine rings is 1. The fourth-order valence-corrected chi connectivity index (χ4v) is 3.15. The van der Waals surface area contributed by atoms with Gasteiger partial charge in [-0.3, -0.25) is 4.98 Å². The molecule has 14 heavy (non-hydrogen) atoms. The maximum atomic E-state index is 11.4. The van der Waals surface area contributed by atoms with Gasteiger partial charge in [-0.2, -0.15) is 0 Å². The SMILES string of the molecule is NCc1cncc2c1CCS(=O)(=O)C2. The van der Waals surface area contributed by atoms with Crippen molar-refractivity contribution in [1.82, 2.24) is 4.98 Å². The first-order valence-corrected chi connectivity index (χ1v) is 6.29. The van der Waals surface area contributed by atoms with Crippen LogP contribution in [0.5, 0.6) is 0 Å². The van der Waals surface area contributed by atoms with Crippen molar-refractivity contribution < 1.29 is 8.42 Å². The summed E-state index contributed by atoms with van der Waals surface area (Å²) in [6.07, 6.45) is 3.93. The number of nitrogens with zero attached hydrogens (tertiary/aromatic N) is 1. The van der Waals surface area contributed by atoms with Gasteiger partial charge in [-0.1, -0.05) is 0 Å². The molecule has 0 saturated heterocycles. The maximum Gasteiger partial charge on any atom is 0.154 e. The lowest BCUT2D eigenvalue weighted by atomic mass is 10.0. The molecule has 1 aliphatic heterocycles. The molecule has 2 rings (SSSR count). The van der Waals surface area contributed by atoms with E-state index in [-0.39, 0.29) is 11.5 Å². The zero-order valence-electron chi connectivity index (χ0n) is 7.73. The molecule has 1 aliphatic rings. The average Bonchev–Trinajstić information content (AvgIpc) is 2.15. The Morgan fingerprint density at radius 1 is 1.43 bits per heavy atom. The minimum absolute atomic E-state index is 0.114. The summed E-state index contributed by atoms with van der Waals surface area (Å²) in [4.78, 5) is 3.99. The summed E-state index contributed by atoms with van der Waals surface area (Å²) < 4.78 is 22.7. The second-order valence-electron chi connectivity index (χ2n) is 3.48. The normalized spacial score (nSPS) is 18.9. The predicted molar refractivity (Wildman–Crippen MR) is 53.3 cm³/mol. The highest BCUT2D eigenvalue weighted by Gasteiger charge is 2.22. The van der Waals surface area contributed by atoms with Gasteiger partial charge < -0.3 is 5.73 Å². The first-order chi connectivity index (χ1) is 6.62. The monoisotopic (exact) mass is 212 g/mol. The molecule has 0 atom stereocenters. The van der Waals surface area contributed by atoms with Gasteiger partial charge in [0.15, 0.2) is 9.84 Å². The number of rotatable bonds is 1. The zero-order valence-corrected chi connectivity index (χ0v) is 8.55. The van der Waals surface area contributed by atoms with Gasteiger partial charge in [-0.25, -0.2) is 8.42 Å². The lowest BCUT2D eigenvalue weighted by molar-refractivity contribution is 0.591. The van der Waals surface area contributed by atoms with Crippen LogP contribution in [-0.2, 0) is 28.6 Å². The zero-order chi connectivity index (χ0) is 10.2. The number of hydrogen-bond donors (Lipinski definition) is 1. The Kier molecular flexibility index (Phi) is 2.28. The molecular weight excluding hydrogens is 200 g/mol. The van der Waals surface area contributed by atoms with E-state index < -0.39 is 9.84 Å². The summed E-state index contributed by atoms with van der Waals surface area (Å²) in [5.74, 6) is 0.347. The Labute approximate surface area is 83.1 Å². The number of sulfone groups is 1. The van der Waals surface area contributed by atoms with Crippen LogP contribution >= 0.6 is 0 Å². The highest BCUT2D eigenvalue weighted by atomic mass is 32.2. The van der Waals surface area contributed by atoms with Crippen molar-refractivity contribution in [2.24, 2.45) is 5.73 Å². The van der Waals surface area contributed by atoms with Gasteiger partial charge in [0.25, 0.3) is 0 Å². The molecule has 5 heteroatoms. The topological polar surface area (TPSA) is 73.0 Å². The first-order valence-electron chi connectivity index (χ1n) is 4.47. The molecule has 0 spiro atoms. The summed E-state index contributed by atoms with van der Waals surface area (Å²) in [6, 6.07) is 0. The van der Waals surface area contributed by atoms with Crippen LogP contribution in [0.2, 0.25) is 0 Å². The van der Waals surface area contributed by atoms with Crippen LogP contribution < -0.4 is 5.73 Å². The van der Waals surface area contributed by atoms with Crippen molar-refractivity contribution >= 4 is 9.84 Å². The molecule has 0 aromatic carbocycles. The fraction of sp³-hybridized carbons (Fsp3) is 0.444. The first kappa shape index (κ1) is 9.61. The second kappa shape index (κ2) is 3.33. The van der Waals surface area contributed by atoms with Crippen molar-refractivity contribution in [3.05, 3.63) is 29.1 Å². The minimum atomic E-state index is -2.90. The molecule has 2 heterocycles. The van der Waals surface area contributed by atoms with E-state index >= 15 is 0 Å². The molecule has 4 nitrogen and oxygen atoms in total. The van der Waals surface area contributed by atoms with Gasteiger partial charge >= 0.3 is 0 Å². The quantitative estimate of drug-likeness (QED) is 0.711. The molecule has 0 radical (unpaired) electrons. The highest BCUT2D eigenvalue weighted by molar-refractivity contribution is 7.90. The predicted octanol–water partition coefficient (Wildman–Crippen LogP) is 0.0112. The van der Waals surface area contributed by atoms with Gasteiger partial charge in [0.05, 0.1) is 11.5 Å². The van der Waals surface area contributed by atoms with Crippen molar-refractivity contribution in [3.63, 3.8) is 0 Å². The number of hydrogen-bond acceptors (Lipinski definition) is 4. The molecule has 1 aromatic rings. The summed E-state index contributed by atoms with van der Waals surface area (Å²) in [6.45, 7) is 0.427. The van der Waals surface area contributed by atoms with Gasteiger partial charge in [0.2, 0.25) is 0 Å². The van der Waals surface area contributed by atoms with Gasteiger partial charge in [-0.15, -0.1) is 0 Å². The second-order valence-corrected chi connectivity index (χ2v) is 5.67. The lowest BCUT2D eigenvalue weighted by Crippen LogP contribution is -2.21. The van der Waals surface area contributed by atoms with E-state index in [9.17, 15) is 8.42 Å². The fourth-order valence-electron chi connectivity index (χ4n) is 1.77. The molecule has 0 amide bonds. The highest BCUT2D eigenvalue weighted by Crippen LogP contribution is 2.22. The van der Waals surface area contributed by atoms with E-state index in [1.165, 1.54) is 0 Å². The third kappa shape index (κ3) is 1.65. The molecule has 2 N–H and O–H groups in total. The van der Waals surface area contributed by atoms with Crippen LogP contribution in [0.1, 0.15) is 16.7 Å². The van der Waals surface area contributed by atoms with Crippen molar-refractivity contribution in [2.75, 3.05) is 5.75 Å². The molecule has 0 saturated carbocycles. The summed E-state index contributed by atoms with van der Waals surface area (Å²) in [5.41, 5.74) is 8.42. The van der Waals surface area contributed by atoms with Gasteiger partial charge in [0.1, 0.15) is 0 Å². The number of fused-ring (bicyclic) bond motifs is 1. The van der Waals surface area contributed by atoms with Gasteiger partial charge in [0, 0.05) is 18.9 Å². The van der Waals surface area contributed by atoms with Crippen LogP contribution in [0, 0.1) is 0 Å². The Morgan fingerprint density at radius 3 is 2.93 bits per heavy atom. The third-order valence-corrected chi connectivity index (χ3v) is 4.07. The maximum absolute atomic E-state index is 11.4.